The lowest BCUT2D eigenvalue weighted by atomic mass is 10.2. The molecule has 0 unspecified atom stereocenters. The van der Waals surface area contributed by atoms with Gasteiger partial charge in [-0.3, -0.25) is 14.5 Å². The van der Waals surface area contributed by atoms with Crippen LogP contribution < -0.4 is 5.32 Å². The third-order valence-corrected chi connectivity index (χ3v) is 5.83. The van der Waals surface area contributed by atoms with Crippen LogP contribution in [0.2, 0.25) is 0 Å². The fourth-order valence-electron chi connectivity index (χ4n) is 2.72. The number of thiophene rings is 2. The number of halogens is 1. The average molecular weight is 400 g/mol. The van der Waals surface area contributed by atoms with Crippen molar-refractivity contribution in [1.29, 1.82) is 0 Å². The molecule has 0 aliphatic carbocycles. The summed E-state index contributed by atoms with van der Waals surface area (Å²) in [5.74, 6) is 0.206. The van der Waals surface area contributed by atoms with Crippen LogP contribution in [0.4, 0.5) is 0 Å². The van der Waals surface area contributed by atoms with Gasteiger partial charge in [0.15, 0.2) is 0 Å². The summed E-state index contributed by atoms with van der Waals surface area (Å²) in [6.45, 7) is 4.73. The van der Waals surface area contributed by atoms with Crippen LogP contribution in [0.25, 0.3) is 0 Å². The third kappa shape index (κ3) is 5.81. The summed E-state index contributed by atoms with van der Waals surface area (Å²) in [6, 6.07) is 7.70. The fraction of sp³-hybridized carbons (Fsp3) is 0.412. The van der Waals surface area contributed by atoms with E-state index in [2.05, 4.69) is 10.2 Å². The van der Waals surface area contributed by atoms with Gasteiger partial charge in [0.05, 0.1) is 11.3 Å². The molecule has 3 rings (SSSR count). The molecule has 1 aliphatic heterocycles. The third-order valence-electron chi connectivity index (χ3n) is 4.09. The van der Waals surface area contributed by atoms with Crippen LogP contribution in [0.5, 0.6) is 0 Å². The van der Waals surface area contributed by atoms with Gasteiger partial charge in [-0.1, -0.05) is 12.1 Å². The van der Waals surface area contributed by atoms with Crippen molar-refractivity contribution in [2.45, 2.75) is 6.42 Å². The zero-order chi connectivity index (χ0) is 16.8. The molecule has 0 saturated carbocycles. The molecule has 0 radical (unpaired) electrons. The van der Waals surface area contributed by atoms with Crippen LogP contribution in [0.3, 0.4) is 0 Å². The van der Waals surface area contributed by atoms with Crippen molar-refractivity contribution in [2.24, 2.45) is 0 Å². The number of nitrogens with one attached hydrogen (secondary N) is 1. The summed E-state index contributed by atoms with van der Waals surface area (Å²) in [4.78, 5) is 30.2. The van der Waals surface area contributed by atoms with Crippen molar-refractivity contribution < 1.29 is 9.59 Å². The van der Waals surface area contributed by atoms with Crippen molar-refractivity contribution in [1.82, 2.24) is 15.1 Å². The molecular formula is C17H22ClN3O2S2. The summed E-state index contributed by atoms with van der Waals surface area (Å²) in [6.07, 6.45) is 0.508. The summed E-state index contributed by atoms with van der Waals surface area (Å²) in [5, 5.41) is 6.86. The predicted octanol–water partition coefficient (Wildman–Crippen LogP) is 2.35. The van der Waals surface area contributed by atoms with Crippen molar-refractivity contribution in [3.05, 3.63) is 44.8 Å². The SMILES string of the molecule is Cl.O=C(NCCN1CCN(C(=O)Cc2cccs2)CC1)c1cccs1. The molecule has 25 heavy (non-hydrogen) atoms. The Morgan fingerprint density at radius 1 is 1.04 bits per heavy atom. The Labute approximate surface area is 162 Å². The summed E-state index contributed by atoms with van der Waals surface area (Å²) in [7, 11) is 0. The summed E-state index contributed by atoms with van der Waals surface area (Å²) < 4.78 is 0. The van der Waals surface area contributed by atoms with Crippen LogP contribution in [0, 0.1) is 0 Å². The minimum absolute atomic E-state index is 0. The van der Waals surface area contributed by atoms with Gasteiger partial charge in [0.25, 0.3) is 5.91 Å². The van der Waals surface area contributed by atoms with Gasteiger partial charge >= 0.3 is 0 Å². The van der Waals surface area contributed by atoms with Crippen molar-refractivity contribution >= 4 is 46.9 Å². The maximum Gasteiger partial charge on any atom is 0.261 e. The van der Waals surface area contributed by atoms with Crippen LogP contribution >= 0.6 is 35.1 Å². The quantitative estimate of drug-likeness (QED) is 0.811. The Hall–Kier alpha value is -1.41. The lowest BCUT2D eigenvalue weighted by Gasteiger charge is -2.34. The maximum absolute atomic E-state index is 12.3. The number of hydrogen-bond acceptors (Lipinski definition) is 5. The van der Waals surface area contributed by atoms with Gasteiger partial charge in [-0.25, -0.2) is 0 Å². The van der Waals surface area contributed by atoms with Gasteiger partial charge in [-0.15, -0.1) is 35.1 Å². The van der Waals surface area contributed by atoms with Crippen molar-refractivity contribution in [3.8, 4) is 0 Å². The maximum atomic E-state index is 12.3. The largest absolute Gasteiger partial charge is 0.350 e. The molecule has 136 valence electrons. The number of amides is 2. The Morgan fingerprint density at radius 2 is 1.76 bits per heavy atom. The number of carbonyl (C=O) groups excluding carboxylic acids is 2. The highest BCUT2D eigenvalue weighted by Gasteiger charge is 2.21. The smallest absolute Gasteiger partial charge is 0.261 e. The molecule has 2 aromatic heterocycles. The zero-order valence-electron chi connectivity index (χ0n) is 13.8. The molecule has 0 atom stereocenters. The summed E-state index contributed by atoms with van der Waals surface area (Å²) in [5.41, 5.74) is 0. The molecule has 0 spiro atoms. The fourth-order valence-corrected chi connectivity index (χ4v) is 4.05. The minimum atomic E-state index is -0.00485. The van der Waals surface area contributed by atoms with E-state index in [9.17, 15) is 9.59 Å². The molecule has 3 heterocycles. The lowest BCUT2D eigenvalue weighted by molar-refractivity contribution is -0.132. The standard InChI is InChI=1S/C17H21N3O2S2.ClH/c21-16(13-14-3-1-11-23-14)20-9-7-19(8-10-20)6-5-18-17(22)15-4-2-12-24-15;/h1-4,11-12H,5-10,13H2,(H,18,22);1H. The van der Waals surface area contributed by atoms with E-state index >= 15 is 0 Å². The molecule has 8 heteroatoms. The number of nitrogens with zero attached hydrogens (tertiary/aromatic N) is 2. The lowest BCUT2D eigenvalue weighted by Crippen LogP contribution is -2.50. The molecule has 2 aromatic rings. The van der Waals surface area contributed by atoms with Crippen LogP contribution in [-0.4, -0.2) is 60.9 Å². The second kappa shape index (κ2) is 9.91. The molecule has 1 saturated heterocycles. The molecule has 2 amide bonds. The highest BCUT2D eigenvalue weighted by molar-refractivity contribution is 7.12. The first-order chi connectivity index (χ1) is 11.7. The van der Waals surface area contributed by atoms with Gasteiger partial charge < -0.3 is 10.2 Å². The molecule has 0 aromatic carbocycles. The Morgan fingerprint density at radius 3 is 2.40 bits per heavy atom. The van der Waals surface area contributed by atoms with Crippen molar-refractivity contribution in [3.63, 3.8) is 0 Å². The molecule has 1 N–H and O–H groups in total. The predicted molar refractivity (Wildman–Crippen MR) is 105 cm³/mol. The number of piperazine rings is 1. The molecule has 0 bridgehead atoms. The van der Waals surface area contributed by atoms with Crippen molar-refractivity contribution in [2.75, 3.05) is 39.3 Å². The highest BCUT2D eigenvalue weighted by atomic mass is 35.5. The number of carbonyl (C=O) groups is 2. The Bertz CT molecular complexity index is 654. The van der Waals surface area contributed by atoms with E-state index in [1.807, 2.05) is 39.9 Å². The summed E-state index contributed by atoms with van der Waals surface area (Å²) >= 11 is 3.08. The van der Waals surface area contributed by atoms with E-state index in [0.29, 0.717) is 13.0 Å². The van der Waals surface area contributed by atoms with Gasteiger partial charge in [-0.2, -0.15) is 0 Å². The second-order valence-electron chi connectivity index (χ2n) is 5.71. The second-order valence-corrected chi connectivity index (χ2v) is 7.69. The van der Waals surface area contributed by atoms with E-state index in [0.717, 1.165) is 42.5 Å². The Kier molecular flexibility index (Phi) is 7.90. The first kappa shape index (κ1) is 19.9. The number of rotatable bonds is 6. The highest BCUT2D eigenvalue weighted by Crippen LogP contribution is 2.12. The first-order valence-electron chi connectivity index (χ1n) is 8.06. The normalized spacial score (nSPS) is 14.8. The van der Waals surface area contributed by atoms with Gasteiger partial charge in [0.1, 0.15) is 0 Å². The van der Waals surface area contributed by atoms with E-state index in [1.54, 1.807) is 11.3 Å². The molecule has 5 nitrogen and oxygen atoms in total. The van der Waals surface area contributed by atoms with E-state index < -0.39 is 0 Å². The first-order valence-corrected chi connectivity index (χ1v) is 9.82. The molecule has 1 aliphatic rings. The van der Waals surface area contributed by atoms with E-state index in [-0.39, 0.29) is 24.2 Å². The zero-order valence-corrected chi connectivity index (χ0v) is 16.3. The van der Waals surface area contributed by atoms with E-state index in [1.165, 1.54) is 11.3 Å². The van der Waals surface area contributed by atoms with E-state index in [4.69, 9.17) is 0 Å². The Balaban J connectivity index is 0.00000225. The molecular weight excluding hydrogens is 378 g/mol. The van der Waals surface area contributed by atoms with Crippen LogP contribution in [0.1, 0.15) is 14.5 Å². The van der Waals surface area contributed by atoms with Gasteiger partial charge in [0.2, 0.25) is 5.91 Å². The minimum Gasteiger partial charge on any atom is -0.350 e. The molecule has 1 fully saturated rings. The van der Waals surface area contributed by atoms with Crippen LogP contribution in [-0.2, 0) is 11.2 Å². The average Bonchev–Trinajstić information content (AvgIpc) is 3.29. The monoisotopic (exact) mass is 399 g/mol. The van der Waals surface area contributed by atoms with Gasteiger partial charge in [-0.05, 0) is 22.9 Å². The number of hydrogen-bond donors (Lipinski definition) is 1. The van der Waals surface area contributed by atoms with Crippen LogP contribution in [0.15, 0.2) is 35.0 Å². The van der Waals surface area contributed by atoms with Gasteiger partial charge in [0, 0.05) is 44.1 Å². The topological polar surface area (TPSA) is 52.7 Å².